The minimum Gasteiger partial charge on any atom is -0.461 e. The Morgan fingerprint density at radius 3 is 2.85 bits per heavy atom. The summed E-state index contributed by atoms with van der Waals surface area (Å²) in [7, 11) is 0. The summed E-state index contributed by atoms with van der Waals surface area (Å²) >= 11 is 1.94. The molecule has 0 spiro atoms. The van der Waals surface area contributed by atoms with Crippen LogP contribution in [0.1, 0.15) is 23.8 Å². The van der Waals surface area contributed by atoms with E-state index in [0.717, 1.165) is 31.1 Å². The van der Waals surface area contributed by atoms with Crippen molar-refractivity contribution in [2.45, 2.75) is 13.3 Å². The first-order valence-electron chi connectivity index (χ1n) is 8.78. The largest absolute Gasteiger partial charge is 0.461 e. The lowest BCUT2D eigenvalue weighted by Gasteiger charge is -2.22. The van der Waals surface area contributed by atoms with Gasteiger partial charge in [-0.1, -0.05) is 0 Å². The van der Waals surface area contributed by atoms with Crippen LogP contribution in [-0.4, -0.2) is 54.6 Å². The number of aromatic nitrogens is 1. The molecule has 0 unspecified atom stereocenters. The molecule has 0 saturated carbocycles. The third kappa shape index (κ3) is 4.37. The van der Waals surface area contributed by atoms with Gasteiger partial charge in [-0.2, -0.15) is 11.8 Å². The van der Waals surface area contributed by atoms with Crippen molar-refractivity contribution in [2.24, 2.45) is 0 Å². The number of ether oxygens (including phenoxy) is 1. The SMILES string of the molecule is CCOC(=O)c1[nH]c2ccc(F)cc2c1NC(=O)CC[NH+]1CCSCC1. The monoisotopic (exact) mass is 380 g/mol. The van der Waals surface area contributed by atoms with Crippen LogP contribution in [0, 0.1) is 5.82 Å². The highest BCUT2D eigenvalue weighted by molar-refractivity contribution is 7.99. The maximum absolute atomic E-state index is 13.7. The third-order valence-electron chi connectivity index (χ3n) is 4.41. The lowest BCUT2D eigenvalue weighted by atomic mass is 10.2. The van der Waals surface area contributed by atoms with Gasteiger partial charge in [0.2, 0.25) is 5.91 Å². The molecule has 1 aliphatic heterocycles. The van der Waals surface area contributed by atoms with Gasteiger partial charge in [-0.25, -0.2) is 9.18 Å². The zero-order chi connectivity index (χ0) is 18.5. The molecule has 3 rings (SSSR count). The normalized spacial score (nSPS) is 15.2. The van der Waals surface area contributed by atoms with Crippen molar-refractivity contribution in [2.75, 3.05) is 43.1 Å². The first-order chi connectivity index (χ1) is 12.6. The predicted molar refractivity (Wildman–Crippen MR) is 100 cm³/mol. The van der Waals surface area contributed by atoms with Crippen LogP contribution in [0.15, 0.2) is 18.2 Å². The molecule has 1 fully saturated rings. The van der Waals surface area contributed by atoms with E-state index in [1.54, 1.807) is 13.0 Å². The Kier molecular flexibility index (Phi) is 6.16. The number of carbonyl (C=O) groups excluding carboxylic acids is 2. The Hall–Kier alpha value is -2.06. The summed E-state index contributed by atoms with van der Waals surface area (Å²) < 4.78 is 18.7. The molecular weight excluding hydrogens is 357 g/mol. The van der Waals surface area contributed by atoms with Gasteiger partial charge in [0, 0.05) is 22.4 Å². The van der Waals surface area contributed by atoms with E-state index < -0.39 is 11.8 Å². The van der Waals surface area contributed by atoms with Crippen LogP contribution in [0.3, 0.4) is 0 Å². The van der Waals surface area contributed by atoms with Crippen molar-refractivity contribution in [3.05, 3.63) is 29.7 Å². The number of amides is 1. The van der Waals surface area contributed by atoms with E-state index in [9.17, 15) is 14.0 Å². The first kappa shape index (κ1) is 18.7. The van der Waals surface area contributed by atoms with Gasteiger partial charge in [-0.15, -0.1) is 0 Å². The number of nitrogens with one attached hydrogen (secondary N) is 3. The van der Waals surface area contributed by atoms with Crippen LogP contribution in [0.5, 0.6) is 0 Å². The lowest BCUT2D eigenvalue weighted by Crippen LogP contribution is -3.13. The van der Waals surface area contributed by atoms with Gasteiger partial charge in [-0.3, -0.25) is 4.79 Å². The molecular formula is C18H23FN3O3S+. The Morgan fingerprint density at radius 2 is 2.12 bits per heavy atom. The Balaban J connectivity index is 1.77. The summed E-state index contributed by atoms with van der Waals surface area (Å²) in [4.78, 5) is 29.0. The number of thioether (sulfide) groups is 1. The van der Waals surface area contributed by atoms with E-state index in [1.165, 1.54) is 17.0 Å². The van der Waals surface area contributed by atoms with Crippen LogP contribution in [-0.2, 0) is 9.53 Å². The minimum absolute atomic E-state index is 0.141. The molecule has 1 saturated heterocycles. The number of hydrogen-bond acceptors (Lipinski definition) is 4. The fourth-order valence-corrected chi connectivity index (χ4v) is 4.12. The number of quaternary nitrogens is 1. The summed E-state index contributed by atoms with van der Waals surface area (Å²) in [5.41, 5.74) is 0.998. The van der Waals surface area contributed by atoms with Gasteiger partial charge >= 0.3 is 5.97 Å². The molecule has 0 atom stereocenters. The molecule has 8 heteroatoms. The van der Waals surface area contributed by atoms with Crippen molar-refractivity contribution < 1.29 is 23.6 Å². The number of fused-ring (bicyclic) bond motifs is 1. The average Bonchev–Trinajstić information content (AvgIpc) is 2.99. The van der Waals surface area contributed by atoms with E-state index in [-0.39, 0.29) is 23.9 Å². The molecule has 0 radical (unpaired) electrons. The molecule has 3 N–H and O–H groups in total. The third-order valence-corrected chi connectivity index (χ3v) is 5.40. The second kappa shape index (κ2) is 8.55. The standard InChI is InChI=1S/C18H22FN3O3S/c1-2-25-18(24)17-16(13-11-12(19)3-4-14(13)20-17)21-15(23)5-6-22-7-9-26-10-8-22/h3-4,11,20H,2,5-10H2,1H3,(H,21,23)/p+1. The highest BCUT2D eigenvalue weighted by atomic mass is 32.2. The Morgan fingerprint density at radius 1 is 1.35 bits per heavy atom. The fourth-order valence-electron chi connectivity index (χ4n) is 3.05. The molecule has 1 amide bonds. The number of benzene rings is 1. The zero-order valence-electron chi connectivity index (χ0n) is 14.7. The number of esters is 1. The highest BCUT2D eigenvalue weighted by Gasteiger charge is 2.22. The number of halogens is 1. The van der Waals surface area contributed by atoms with Crippen molar-refractivity contribution in [1.82, 2.24) is 4.98 Å². The van der Waals surface area contributed by atoms with Gasteiger partial charge in [0.25, 0.3) is 0 Å². The summed E-state index contributed by atoms with van der Waals surface area (Å²) in [5.74, 6) is 1.04. The molecule has 26 heavy (non-hydrogen) atoms. The summed E-state index contributed by atoms with van der Waals surface area (Å²) in [6, 6.07) is 4.15. The Bertz CT molecular complexity index is 802. The number of carbonyl (C=O) groups is 2. The molecule has 1 aromatic carbocycles. The summed E-state index contributed by atoms with van der Waals surface area (Å²) in [6.45, 7) is 4.79. The molecule has 1 aromatic heterocycles. The number of hydrogen-bond donors (Lipinski definition) is 3. The van der Waals surface area contributed by atoms with Gasteiger partial charge < -0.3 is 19.9 Å². The maximum atomic E-state index is 13.7. The van der Waals surface area contributed by atoms with Crippen molar-refractivity contribution >= 4 is 40.2 Å². The molecule has 0 aliphatic carbocycles. The summed E-state index contributed by atoms with van der Waals surface area (Å²) in [6.07, 6.45) is 0.351. The van der Waals surface area contributed by atoms with E-state index >= 15 is 0 Å². The van der Waals surface area contributed by atoms with Crippen LogP contribution in [0.4, 0.5) is 10.1 Å². The second-order valence-corrected chi connectivity index (χ2v) is 7.42. The van der Waals surface area contributed by atoms with E-state index in [1.807, 2.05) is 11.8 Å². The Labute approximate surface area is 155 Å². The number of rotatable bonds is 6. The van der Waals surface area contributed by atoms with Crippen molar-refractivity contribution in [3.63, 3.8) is 0 Å². The molecule has 1 aliphatic rings. The van der Waals surface area contributed by atoms with Gasteiger partial charge in [0.1, 0.15) is 11.5 Å². The smallest absolute Gasteiger partial charge is 0.356 e. The molecule has 6 nitrogen and oxygen atoms in total. The van der Waals surface area contributed by atoms with Crippen LogP contribution in [0.2, 0.25) is 0 Å². The number of aromatic amines is 1. The predicted octanol–water partition coefficient (Wildman–Crippen LogP) is 1.44. The van der Waals surface area contributed by atoms with Crippen molar-refractivity contribution in [1.29, 1.82) is 0 Å². The molecule has 2 heterocycles. The molecule has 0 bridgehead atoms. The summed E-state index contributed by atoms with van der Waals surface area (Å²) in [5, 5.41) is 3.24. The molecule has 2 aromatic rings. The first-order valence-corrected chi connectivity index (χ1v) is 9.93. The van der Waals surface area contributed by atoms with Gasteiger partial charge in [0.15, 0.2) is 0 Å². The van der Waals surface area contributed by atoms with Crippen LogP contribution in [0.25, 0.3) is 10.9 Å². The molecule has 140 valence electrons. The highest BCUT2D eigenvalue weighted by Crippen LogP contribution is 2.29. The fraction of sp³-hybridized carbons (Fsp3) is 0.444. The second-order valence-electron chi connectivity index (χ2n) is 6.20. The quantitative estimate of drug-likeness (QED) is 0.663. The maximum Gasteiger partial charge on any atom is 0.356 e. The van der Waals surface area contributed by atoms with Crippen LogP contribution < -0.4 is 10.2 Å². The zero-order valence-corrected chi connectivity index (χ0v) is 15.5. The number of H-pyrrole nitrogens is 1. The van der Waals surface area contributed by atoms with Gasteiger partial charge in [-0.05, 0) is 25.1 Å². The van der Waals surface area contributed by atoms with Crippen LogP contribution >= 0.6 is 11.8 Å². The topological polar surface area (TPSA) is 75.6 Å². The van der Waals surface area contributed by atoms with Gasteiger partial charge in [0.05, 0.1) is 38.3 Å². The van der Waals surface area contributed by atoms with E-state index in [0.29, 0.717) is 17.3 Å². The lowest BCUT2D eigenvalue weighted by molar-refractivity contribution is -0.895. The van der Waals surface area contributed by atoms with Crippen molar-refractivity contribution in [3.8, 4) is 0 Å². The average molecular weight is 380 g/mol. The number of anilines is 1. The minimum atomic E-state index is -0.571. The van der Waals surface area contributed by atoms with E-state index in [2.05, 4.69) is 10.3 Å². The van der Waals surface area contributed by atoms with E-state index in [4.69, 9.17) is 4.74 Å².